The number of carbonyl (C=O) groups is 2. The van der Waals surface area contributed by atoms with Crippen molar-refractivity contribution in [1.29, 1.82) is 5.26 Å². The van der Waals surface area contributed by atoms with Crippen molar-refractivity contribution in [3.8, 4) is 6.07 Å². The summed E-state index contributed by atoms with van der Waals surface area (Å²) in [5.41, 5.74) is -5.60. The van der Waals surface area contributed by atoms with Crippen molar-refractivity contribution in [2.24, 2.45) is 4.99 Å². The first kappa shape index (κ1) is 32.0. The van der Waals surface area contributed by atoms with E-state index in [0.717, 1.165) is 37.4 Å². The van der Waals surface area contributed by atoms with E-state index in [1.807, 2.05) is 6.07 Å². The van der Waals surface area contributed by atoms with Crippen LogP contribution in [-0.2, 0) is 19.7 Å². The lowest BCUT2D eigenvalue weighted by atomic mass is 9.84. The standard InChI is InChI=1S/C29H30F4N4O5/c1-26(2,3)41-24(38)37(25(39)42-27(4,5)6)23-36-28(7,29(32,33)16-40-23)19-12-17(8-10-20(19)30)13-21(31)22-11-9-18(14-34)15-35-22/h8-13,15H,16H2,1-7H3/b21-13-/t28-/m1/s1. The van der Waals surface area contributed by atoms with Crippen LogP contribution in [0.15, 0.2) is 41.5 Å². The molecule has 1 atom stereocenters. The highest BCUT2D eigenvalue weighted by Gasteiger charge is 2.58. The summed E-state index contributed by atoms with van der Waals surface area (Å²) in [5, 5.41) is 8.89. The number of amidine groups is 1. The van der Waals surface area contributed by atoms with Crippen molar-refractivity contribution < 1.29 is 41.4 Å². The maximum absolute atomic E-state index is 15.5. The van der Waals surface area contributed by atoms with E-state index in [1.165, 1.54) is 53.7 Å². The van der Waals surface area contributed by atoms with Gasteiger partial charge >= 0.3 is 24.1 Å². The number of rotatable bonds is 3. The number of alkyl halides is 2. The van der Waals surface area contributed by atoms with E-state index in [4.69, 9.17) is 19.5 Å². The zero-order valence-corrected chi connectivity index (χ0v) is 24.1. The minimum atomic E-state index is -3.86. The van der Waals surface area contributed by atoms with Crippen LogP contribution in [0.4, 0.5) is 27.2 Å². The van der Waals surface area contributed by atoms with Gasteiger partial charge in [-0.25, -0.2) is 23.4 Å². The number of benzene rings is 1. The van der Waals surface area contributed by atoms with Gasteiger partial charge < -0.3 is 14.2 Å². The maximum Gasteiger partial charge on any atom is 0.428 e. The van der Waals surface area contributed by atoms with Crippen LogP contribution in [0.5, 0.6) is 0 Å². The predicted octanol–water partition coefficient (Wildman–Crippen LogP) is 6.97. The molecule has 0 aliphatic carbocycles. The summed E-state index contributed by atoms with van der Waals surface area (Å²) in [7, 11) is 0. The summed E-state index contributed by atoms with van der Waals surface area (Å²) >= 11 is 0. The third kappa shape index (κ3) is 7.23. The summed E-state index contributed by atoms with van der Waals surface area (Å²) < 4.78 is 76.6. The van der Waals surface area contributed by atoms with Crippen LogP contribution < -0.4 is 0 Å². The normalized spacial score (nSPS) is 18.7. The van der Waals surface area contributed by atoms with Gasteiger partial charge in [0, 0.05) is 11.8 Å². The molecule has 3 rings (SSSR count). The number of ether oxygens (including phenoxy) is 3. The van der Waals surface area contributed by atoms with Gasteiger partial charge in [0.2, 0.25) is 0 Å². The van der Waals surface area contributed by atoms with Crippen LogP contribution >= 0.6 is 0 Å². The Kier molecular flexibility index (Phi) is 8.72. The Hall–Kier alpha value is -4.47. The monoisotopic (exact) mass is 590 g/mol. The number of aliphatic imine (C=N–C) groups is 1. The van der Waals surface area contributed by atoms with Gasteiger partial charge in [-0.05, 0) is 84.4 Å². The fraction of sp³-hybridized carbons (Fsp3) is 0.414. The van der Waals surface area contributed by atoms with E-state index in [1.54, 1.807) is 0 Å². The lowest BCUT2D eigenvalue weighted by molar-refractivity contribution is -0.121. The second-order valence-electron chi connectivity index (χ2n) is 11.5. The van der Waals surface area contributed by atoms with Gasteiger partial charge in [-0.2, -0.15) is 14.0 Å². The lowest BCUT2D eigenvalue weighted by Crippen LogP contribution is -2.56. The molecule has 1 aromatic carbocycles. The van der Waals surface area contributed by atoms with E-state index in [0.29, 0.717) is 0 Å². The largest absolute Gasteiger partial charge is 0.458 e. The molecule has 0 fully saturated rings. The molecule has 224 valence electrons. The number of carbonyl (C=O) groups excluding carboxylic acids is 2. The van der Waals surface area contributed by atoms with E-state index < -0.39 is 64.7 Å². The second-order valence-corrected chi connectivity index (χ2v) is 11.5. The molecule has 1 aliphatic heterocycles. The minimum Gasteiger partial charge on any atom is -0.458 e. The lowest BCUT2D eigenvalue weighted by Gasteiger charge is -2.40. The van der Waals surface area contributed by atoms with Crippen molar-refractivity contribution in [2.45, 2.75) is 71.1 Å². The first-order chi connectivity index (χ1) is 19.3. The van der Waals surface area contributed by atoms with Gasteiger partial charge in [0.15, 0.2) is 12.1 Å². The number of aromatic nitrogens is 1. The maximum atomic E-state index is 15.5. The molecule has 2 amide bonds. The van der Waals surface area contributed by atoms with Crippen molar-refractivity contribution in [3.05, 3.63) is 64.7 Å². The summed E-state index contributed by atoms with van der Waals surface area (Å²) in [6.07, 6.45) is -0.551. The van der Waals surface area contributed by atoms with Crippen molar-refractivity contribution in [2.75, 3.05) is 6.61 Å². The average molecular weight is 591 g/mol. The fourth-order valence-electron chi connectivity index (χ4n) is 3.65. The van der Waals surface area contributed by atoms with Gasteiger partial charge in [-0.1, -0.05) is 6.07 Å². The van der Waals surface area contributed by atoms with Crippen molar-refractivity contribution in [1.82, 2.24) is 9.88 Å². The van der Waals surface area contributed by atoms with Gasteiger partial charge in [0.1, 0.15) is 28.9 Å². The molecule has 0 bridgehead atoms. The molecule has 1 aliphatic rings. The van der Waals surface area contributed by atoms with E-state index >= 15 is 13.2 Å². The minimum absolute atomic E-state index is 0.0218. The van der Waals surface area contributed by atoms with Crippen molar-refractivity contribution in [3.63, 3.8) is 0 Å². The van der Waals surface area contributed by atoms with E-state index in [-0.39, 0.29) is 21.7 Å². The second kappa shape index (κ2) is 11.4. The third-order valence-electron chi connectivity index (χ3n) is 5.70. The molecular weight excluding hydrogens is 560 g/mol. The van der Waals surface area contributed by atoms with Crippen LogP contribution in [0.3, 0.4) is 0 Å². The number of imide groups is 1. The molecule has 13 heteroatoms. The van der Waals surface area contributed by atoms with Crippen LogP contribution in [0.1, 0.15) is 70.9 Å². The van der Waals surface area contributed by atoms with Crippen LogP contribution in [-0.4, -0.2) is 51.8 Å². The number of hydrogen-bond acceptors (Lipinski definition) is 8. The molecule has 1 aromatic heterocycles. The summed E-state index contributed by atoms with van der Waals surface area (Å²) in [4.78, 5) is 34.0. The molecule has 2 heterocycles. The first-order valence-electron chi connectivity index (χ1n) is 12.7. The SMILES string of the molecule is CC(C)(C)OC(=O)N(C(=O)OC(C)(C)C)C1=N[C@](C)(c2cc(/C=C(\F)c3ccc(C#N)cn3)ccc2F)C(F)(F)CO1. The third-order valence-corrected chi connectivity index (χ3v) is 5.70. The predicted molar refractivity (Wildman–Crippen MR) is 144 cm³/mol. The number of nitriles is 1. The fourth-order valence-corrected chi connectivity index (χ4v) is 3.65. The molecule has 0 radical (unpaired) electrons. The molecule has 0 spiro atoms. The quantitative estimate of drug-likeness (QED) is 0.355. The van der Waals surface area contributed by atoms with Crippen LogP contribution in [0, 0.1) is 17.1 Å². The van der Waals surface area contributed by atoms with Gasteiger partial charge in [0.25, 0.3) is 0 Å². The molecule has 42 heavy (non-hydrogen) atoms. The Morgan fingerprint density at radius 1 is 1.07 bits per heavy atom. The first-order valence-corrected chi connectivity index (χ1v) is 12.7. The zero-order valence-electron chi connectivity index (χ0n) is 24.1. The summed E-state index contributed by atoms with van der Waals surface area (Å²) in [6, 6.07) is 6.51. The zero-order chi connectivity index (χ0) is 31.7. The highest BCUT2D eigenvalue weighted by Crippen LogP contribution is 2.45. The number of pyridine rings is 1. The number of amides is 2. The van der Waals surface area contributed by atoms with Crippen LogP contribution in [0.2, 0.25) is 0 Å². The van der Waals surface area contributed by atoms with E-state index in [9.17, 15) is 14.0 Å². The van der Waals surface area contributed by atoms with Gasteiger partial charge in [-0.3, -0.25) is 4.98 Å². The molecule has 0 saturated heterocycles. The van der Waals surface area contributed by atoms with Gasteiger partial charge in [0.05, 0.1) is 11.3 Å². The average Bonchev–Trinajstić information content (AvgIpc) is 2.85. The van der Waals surface area contributed by atoms with Gasteiger partial charge in [-0.15, -0.1) is 4.90 Å². The Labute approximate surface area is 240 Å². The highest BCUT2D eigenvalue weighted by molar-refractivity contribution is 6.06. The van der Waals surface area contributed by atoms with Crippen LogP contribution in [0.25, 0.3) is 11.9 Å². The number of hydrogen-bond donors (Lipinski definition) is 0. The Morgan fingerprint density at radius 3 is 2.17 bits per heavy atom. The Balaban J connectivity index is 2.13. The molecule has 0 unspecified atom stereocenters. The van der Waals surface area contributed by atoms with E-state index in [2.05, 4.69) is 9.98 Å². The summed E-state index contributed by atoms with van der Waals surface area (Å²) in [6.45, 7) is 8.58. The smallest absolute Gasteiger partial charge is 0.428 e. The molecular formula is C29H30F4N4O5. The number of nitrogens with zero attached hydrogens (tertiary/aromatic N) is 4. The molecule has 0 N–H and O–H groups in total. The Bertz CT molecular complexity index is 1440. The Morgan fingerprint density at radius 2 is 1.67 bits per heavy atom. The molecule has 9 nitrogen and oxygen atoms in total. The highest BCUT2D eigenvalue weighted by atomic mass is 19.3. The van der Waals surface area contributed by atoms with Crippen molar-refractivity contribution >= 4 is 30.1 Å². The number of halogens is 4. The topological polar surface area (TPSA) is 114 Å². The molecule has 0 saturated carbocycles. The molecule has 2 aromatic rings. The summed E-state index contributed by atoms with van der Waals surface area (Å²) in [5.74, 6) is -5.86.